The summed E-state index contributed by atoms with van der Waals surface area (Å²) in [6.45, 7) is 0.827. The Morgan fingerprint density at radius 1 is 1.43 bits per heavy atom. The average molecular weight is 214 g/mol. The van der Waals surface area contributed by atoms with Gasteiger partial charge in [-0.1, -0.05) is 0 Å². The lowest BCUT2D eigenvalue weighted by molar-refractivity contribution is -0.214. The van der Waals surface area contributed by atoms with Gasteiger partial charge in [0.25, 0.3) is 0 Å². The number of halogens is 3. The van der Waals surface area contributed by atoms with Gasteiger partial charge in [0.15, 0.2) is 6.10 Å². The maximum Gasteiger partial charge on any atom is 0.414 e. The molecule has 0 fully saturated rings. The molecule has 0 aromatic heterocycles. The van der Waals surface area contributed by atoms with E-state index >= 15 is 0 Å². The van der Waals surface area contributed by atoms with Crippen LogP contribution in [0.4, 0.5) is 13.2 Å². The smallest absolute Gasteiger partial charge is 0.414 e. The summed E-state index contributed by atoms with van der Waals surface area (Å²) >= 11 is 0. The van der Waals surface area contributed by atoms with Crippen molar-refractivity contribution in [3.8, 4) is 0 Å². The Morgan fingerprint density at radius 3 is 2.43 bits per heavy atom. The molecule has 0 aliphatic carbocycles. The van der Waals surface area contributed by atoms with Gasteiger partial charge in [-0.05, 0) is 13.3 Å². The molecule has 0 radical (unpaired) electrons. The third kappa shape index (κ3) is 5.80. The summed E-state index contributed by atoms with van der Waals surface area (Å²) in [4.78, 5) is 10.6. The highest BCUT2D eigenvalue weighted by Crippen LogP contribution is 2.22. The Bertz CT molecular complexity index is 179. The van der Waals surface area contributed by atoms with Crippen LogP contribution in [0.25, 0.3) is 0 Å². The van der Waals surface area contributed by atoms with E-state index in [0.29, 0.717) is 0 Å². The van der Waals surface area contributed by atoms with E-state index in [1.165, 1.54) is 7.11 Å². The molecule has 0 saturated carbocycles. The highest BCUT2D eigenvalue weighted by Gasteiger charge is 2.36. The van der Waals surface area contributed by atoms with Crippen LogP contribution in [0, 0.1) is 0 Å². The van der Waals surface area contributed by atoms with Gasteiger partial charge in [-0.15, -0.1) is 0 Å². The molecule has 1 atom stereocenters. The highest BCUT2D eigenvalue weighted by atomic mass is 19.4. The van der Waals surface area contributed by atoms with Crippen LogP contribution in [-0.4, -0.2) is 32.0 Å². The summed E-state index contributed by atoms with van der Waals surface area (Å²) in [6, 6.07) is 0. The number of esters is 1. The first-order valence-electron chi connectivity index (χ1n) is 4.13. The predicted octanol–water partition coefficient (Wildman–Crippen LogP) is 1.91. The van der Waals surface area contributed by atoms with E-state index in [1.807, 2.05) is 0 Å². The van der Waals surface area contributed by atoms with E-state index in [4.69, 9.17) is 0 Å². The van der Waals surface area contributed by atoms with E-state index in [2.05, 4.69) is 9.47 Å². The number of carbonyl (C=O) groups excluding carboxylic acids is 1. The molecule has 14 heavy (non-hydrogen) atoms. The minimum absolute atomic E-state index is 0.0705. The molecule has 0 saturated heterocycles. The minimum Gasteiger partial charge on any atom is -0.469 e. The molecule has 0 aromatic rings. The van der Waals surface area contributed by atoms with Gasteiger partial charge >= 0.3 is 12.1 Å². The number of rotatable bonds is 5. The summed E-state index contributed by atoms with van der Waals surface area (Å²) in [5.74, 6) is -0.451. The molecule has 0 amide bonds. The zero-order valence-corrected chi connectivity index (χ0v) is 8.06. The van der Waals surface area contributed by atoms with Crippen LogP contribution in [0.5, 0.6) is 0 Å². The molecule has 0 spiro atoms. The molecule has 3 nitrogen and oxygen atoms in total. The Hall–Kier alpha value is -0.780. The standard InChI is InChI=1S/C8H13F3O3/c1-6(8(9,10)11)14-5-3-4-7(12)13-2/h6H,3-5H2,1-2H3. The fraction of sp³-hybridized carbons (Fsp3) is 0.875. The third-order valence-corrected chi connectivity index (χ3v) is 1.58. The van der Waals surface area contributed by atoms with Crippen molar-refractivity contribution in [2.75, 3.05) is 13.7 Å². The largest absolute Gasteiger partial charge is 0.469 e. The van der Waals surface area contributed by atoms with Gasteiger partial charge in [0.05, 0.1) is 7.11 Å². The van der Waals surface area contributed by atoms with Crippen LogP contribution in [0.1, 0.15) is 19.8 Å². The second-order valence-corrected chi connectivity index (χ2v) is 2.73. The van der Waals surface area contributed by atoms with Gasteiger partial charge in [0.1, 0.15) is 0 Å². The topological polar surface area (TPSA) is 35.5 Å². The maximum absolute atomic E-state index is 11.9. The van der Waals surface area contributed by atoms with Crippen molar-refractivity contribution in [1.29, 1.82) is 0 Å². The van der Waals surface area contributed by atoms with Crippen molar-refractivity contribution < 1.29 is 27.4 Å². The van der Waals surface area contributed by atoms with Crippen LogP contribution in [-0.2, 0) is 14.3 Å². The second kappa shape index (κ2) is 5.85. The summed E-state index contributed by atoms with van der Waals surface area (Å²) in [7, 11) is 1.22. The third-order valence-electron chi connectivity index (χ3n) is 1.58. The molecule has 0 heterocycles. The molecular weight excluding hydrogens is 201 g/mol. The van der Waals surface area contributed by atoms with Crippen molar-refractivity contribution in [2.45, 2.75) is 32.0 Å². The van der Waals surface area contributed by atoms with Gasteiger partial charge in [-0.25, -0.2) is 0 Å². The number of hydrogen-bond acceptors (Lipinski definition) is 3. The highest BCUT2D eigenvalue weighted by molar-refractivity contribution is 5.68. The van der Waals surface area contributed by atoms with Gasteiger partial charge in [-0.3, -0.25) is 4.79 Å². The molecule has 0 aliphatic heterocycles. The zero-order chi connectivity index (χ0) is 11.2. The first-order valence-corrected chi connectivity index (χ1v) is 4.13. The maximum atomic E-state index is 11.9. The number of ether oxygens (including phenoxy) is 2. The molecule has 0 rings (SSSR count). The number of carbonyl (C=O) groups is 1. The Morgan fingerprint density at radius 2 is 2.00 bits per heavy atom. The van der Waals surface area contributed by atoms with Crippen LogP contribution in [0.2, 0.25) is 0 Å². The average Bonchev–Trinajstić information content (AvgIpc) is 2.09. The number of methoxy groups -OCH3 is 1. The lowest BCUT2D eigenvalue weighted by atomic mass is 10.3. The molecule has 0 N–H and O–H groups in total. The van der Waals surface area contributed by atoms with Crippen molar-refractivity contribution >= 4 is 5.97 Å². The van der Waals surface area contributed by atoms with E-state index in [1.54, 1.807) is 0 Å². The fourth-order valence-electron chi connectivity index (χ4n) is 0.673. The fourth-order valence-corrected chi connectivity index (χ4v) is 0.673. The first-order chi connectivity index (χ1) is 6.38. The summed E-state index contributed by atoms with van der Waals surface area (Å²) < 4.78 is 44.4. The Kier molecular flexibility index (Phi) is 5.52. The molecule has 0 aliphatic rings. The number of alkyl halides is 3. The van der Waals surface area contributed by atoms with Crippen LogP contribution in [0.3, 0.4) is 0 Å². The van der Waals surface area contributed by atoms with Crippen LogP contribution < -0.4 is 0 Å². The van der Waals surface area contributed by atoms with Crippen molar-refractivity contribution in [2.24, 2.45) is 0 Å². The van der Waals surface area contributed by atoms with Crippen molar-refractivity contribution in [3.63, 3.8) is 0 Å². The van der Waals surface area contributed by atoms with E-state index in [-0.39, 0.29) is 19.4 Å². The van der Waals surface area contributed by atoms with E-state index in [9.17, 15) is 18.0 Å². The lowest BCUT2D eigenvalue weighted by Gasteiger charge is -2.15. The normalized spacial score (nSPS) is 13.8. The predicted molar refractivity (Wildman–Crippen MR) is 42.7 cm³/mol. The summed E-state index contributed by atoms with van der Waals surface area (Å²) in [5.41, 5.74) is 0. The van der Waals surface area contributed by atoms with Gasteiger partial charge in [0.2, 0.25) is 0 Å². The molecule has 1 unspecified atom stereocenters. The second-order valence-electron chi connectivity index (χ2n) is 2.73. The van der Waals surface area contributed by atoms with Crippen molar-refractivity contribution in [1.82, 2.24) is 0 Å². The van der Waals surface area contributed by atoms with Gasteiger partial charge in [0, 0.05) is 13.0 Å². The SMILES string of the molecule is COC(=O)CCCOC(C)C(F)(F)F. The molecule has 0 aromatic carbocycles. The monoisotopic (exact) mass is 214 g/mol. The van der Waals surface area contributed by atoms with Crippen molar-refractivity contribution in [3.05, 3.63) is 0 Å². The summed E-state index contributed by atoms with van der Waals surface area (Å²) in [5, 5.41) is 0. The van der Waals surface area contributed by atoms with Gasteiger partial charge < -0.3 is 9.47 Å². The Labute approximate surface area is 80.2 Å². The summed E-state index contributed by atoms with van der Waals surface area (Å²) in [6.07, 6.45) is -5.83. The molecular formula is C8H13F3O3. The first kappa shape index (κ1) is 13.2. The van der Waals surface area contributed by atoms with Crippen LogP contribution >= 0.6 is 0 Å². The lowest BCUT2D eigenvalue weighted by Crippen LogP contribution is -2.28. The minimum atomic E-state index is -4.34. The molecule has 0 bridgehead atoms. The van der Waals surface area contributed by atoms with E-state index in [0.717, 1.165) is 6.92 Å². The zero-order valence-electron chi connectivity index (χ0n) is 8.06. The Balaban J connectivity index is 3.50. The molecule has 6 heteroatoms. The van der Waals surface area contributed by atoms with Crippen LogP contribution in [0.15, 0.2) is 0 Å². The van der Waals surface area contributed by atoms with Gasteiger partial charge in [-0.2, -0.15) is 13.2 Å². The molecule has 84 valence electrons. The quantitative estimate of drug-likeness (QED) is 0.518. The number of hydrogen-bond donors (Lipinski definition) is 0. The van der Waals surface area contributed by atoms with E-state index < -0.39 is 18.2 Å².